The number of ether oxygens (including phenoxy) is 1. The molecule has 1 saturated heterocycles. The normalized spacial score (nSPS) is 20.1. The molecule has 1 heterocycles. The second-order valence-electron chi connectivity index (χ2n) is 5.37. The highest BCUT2D eigenvalue weighted by atomic mass is 16.5. The first-order valence-electron chi connectivity index (χ1n) is 7.24. The average molecular weight is 277 g/mol. The van der Waals surface area contributed by atoms with E-state index in [0.717, 1.165) is 31.5 Å². The molecule has 0 bridgehead atoms. The van der Waals surface area contributed by atoms with E-state index in [1.54, 1.807) is 7.11 Å². The molecule has 1 aliphatic heterocycles. The van der Waals surface area contributed by atoms with E-state index in [1.165, 1.54) is 12.8 Å². The first-order chi connectivity index (χ1) is 9.71. The van der Waals surface area contributed by atoms with E-state index in [2.05, 4.69) is 4.90 Å². The molecule has 0 spiro atoms. The molecule has 0 amide bonds. The Morgan fingerprint density at radius 3 is 2.30 bits per heavy atom. The van der Waals surface area contributed by atoms with Crippen LogP contribution in [0.15, 0.2) is 30.3 Å². The summed E-state index contributed by atoms with van der Waals surface area (Å²) in [5, 5.41) is 9.93. The molecule has 1 unspecified atom stereocenters. The number of nitrogens with zero attached hydrogens (tertiary/aromatic N) is 1. The molecule has 20 heavy (non-hydrogen) atoms. The van der Waals surface area contributed by atoms with Crippen molar-refractivity contribution in [3.8, 4) is 0 Å². The summed E-state index contributed by atoms with van der Waals surface area (Å²) in [4.78, 5) is 14.2. The Balaban J connectivity index is 2.43. The molecule has 0 radical (unpaired) electrons. The van der Waals surface area contributed by atoms with Crippen LogP contribution in [-0.4, -0.2) is 42.8 Å². The molecule has 4 heteroatoms. The summed E-state index contributed by atoms with van der Waals surface area (Å²) in [5.74, 6) is -0.826. The molecular weight excluding hydrogens is 254 g/mol. The van der Waals surface area contributed by atoms with E-state index in [1.807, 2.05) is 30.3 Å². The third kappa shape index (κ3) is 2.86. The Bertz CT molecular complexity index is 427. The first-order valence-corrected chi connectivity index (χ1v) is 7.24. The highest BCUT2D eigenvalue weighted by Gasteiger charge is 2.46. The summed E-state index contributed by atoms with van der Waals surface area (Å²) < 4.78 is 5.29. The van der Waals surface area contributed by atoms with Crippen molar-refractivity contribution in [2.75, 3.05) is 26.8 Å². The third-order valence-electron chi connectivity index (χ3n) is 4.10. The van der Waals surface area contributed by atoms with Gasteiger partial charge in [-0.3, -0.25) is 4.90 Å². The average Bonchev–Trinajstić information content (AvgIpc) is 2.74. The first kappa shape index (κ1) is 15.0. The lowest BCUT2D eigenvalue weighted by Gasteiger charge is -2.40. The van der Waals surface area contributed by atoms with Gasteiger partial charge in [0.25, 0.3) is 0 Å². The van der Waals surface area contributed by atoms with Crippen molar-refractivity contribution in [3.63, 3.8) is 0 Å². The van der Waals surface area contributed by atoms with E-state index in [4.69, 9.17) is 4.74 Å². The predicted octanol–water partition coefficient (Wildman–Crippen LogP) is 2.49. The van der Waals surface area contributed by atoms with Crippen molar-refractivity contribution in [1.82, 2.24) is 4.90 Å². The van der Waals surface area contributed by atoms with E-state index in [9.17, 15) is 9.90 Å². The highest BCUT2D eigenvalue weighted by molar-refractivity contribution is 5.81. The third-order valence-corrected chi connectivity index (χ3v) is 4.10. The lowest BCUT2D eigenvalue weighted by Crippen LogP contribution is -2.55. The molecular formula is C16H23NO3. The van der Waals surface area contributed by atoms with Crippen LogP contribution in [0.25, 0.3) is 0 Å². The zero-order valence-corrected chi connectivity index (χ0v) is 12.0. The largest absolute Gasteiger partial charge is 0.480 e. The van der Waals surface area contributed by atoms with Gasteiger partial charge in [-0.25, -0.2) is 4.79 Å². The minimum Gasteiger partial charge on any atom is -0.480 e. The Morgan fingerprint density at radius 1 is 1.20 bits per heavy atom. The molecule has 1 N–H and O–H groups in total. The van der Waals surface area contributed by atoms with Gasteiger partial charge in [0.2, 0.25) is 0 Å². The van der Waals surface area contributed by atoms with Gasteiger partial charge in [-0.1, -0.05) is 43.2 Å². The summed E-state index contributed by atoms with van der Waals surface area (Å²) in [6, 6.07) is 9.46. The topological polar surface area (TPSA) is 49.8 Å². The SMILES string of the molecule is COCC(C(=O)O)(c1ccccc1)N1CCCCCC1. The minimum absolute atomic E-state index is 0.173. The number of carboxylic acid groups (broad SMARTS) is 1. The number of aliphatic carboxylic acids is 1. The van der Waals surface area contributed by atoms with Gasteiger partial charge in [0, 0.05) is 7.11 Å². The number of likely N-dealkylation sites (tertiary alicyclic amines) is 1. The molecule has 1 aromatic rings. The van der Waals surface area contributed by atoms with E-state index >= 15 is 0 Å². The maximum Gasteiger partial charge on any atom is 0.331 e. The van der Waals surface area contributed by atoms with Gasteiger partial charge >= 0.3 is 5.97 Å². The quantitative estimate of drug-likeness (QED) is 0.898. The molecule has 0 aliphatic carbocycles. The van der Waals surface area contributed by atoms with E-state index < -0.39 is 11.5 Å². The standard InChI is InChI=1S/C16H23NO3/c1-20-13-16(15(18)19,14-9-5-4-6-10-14)17-11-7-2-3-8-12-17/h4-6,9-10H,2-3,7-8,11-13H2,1H3,(H,18,19). The van der Waals surface area contributed by atoms with Gasteiger partial charge < -0.3 is 9.84 Å². The van der Waals surface area contributed by atoms with Crippen LogP contribution < -0.4 is 0 Å². The molecule has 110 valence electrons. The monoisotopic (exact) mass is 277 g/mol. The van der Waals surface area contributed by atoms with Gasteiger partial charge in [0.15, 0.2) is 5.54 Å². The predicted molar refractivity (Wildman–Crippen MR) is 77.7 cm³/mol. The second kappa shape index (κ2) is 6.86. The zero-order valence-electron chi connectivity index (χ0n) is 12.0. The summed E-state index contributed by atoms with van der Waals surface area (Å²) in [6.45, 7) is 1.79. The molecule has 2 rings (SSSR count). The lowest BCUT2D eigenvalue weighted by atomic mass is 9.88. The smallest absolute Gasteiger partial charge is 0.331 e. The van der Waals surface area contributed by atoms with Gasteiger partial charge in [-0.15, -0.1) is 0 Å². The van der Waals surface area contributed by atoms with Crippen molar-refractivity contribution in [2.24, 2.45) is 0 Å². The number of benzene rings is 1. The Labute approximate surface area is 120 Å². The fourth-order valence-corrected chi connectivity index (χ4v) is 3.05. The van der Waals surface area contributed by atoms with Crippen LogP contribution in [0, 0.1) is 0 Å². The zero-order chi connectivity index (χ0) is 14.4. The maximum absolute atomic E-state index is 12.1. The summed E-state index contributed by atoms with van der Waals surface area (Å²) >= 11 is 0. The van der Waals surface area contributed by atoms with Crippen LogP contribution >= 0.6 is 0 Å². The molecule has 0 aromatic heterocycles. The van der Waals surface area contributed by atoms with Gasteiger partial charge in [-0.2, -0.15) is 0 Å². The molecule has 4 nitrogen and oxygen atoms in total. The molecule has 1 aliphatic rings. The van der Waals surface area contributed by atoms with Crippen molar-refractivity contribution < 1.29 is 14.6 Å². The Morgan fingerprint density at radius 2 is 1.80 bits per heavy atom. The summed E-state index contributed by atoms with van der Waals surface area (Å²) in [5.41, 5.74) is -0.267. The van der Waals surface area contributed by atoms with Crippen LogP contribution in [0.5, 0.6) is 0 Å². The summed E-state index contributed by atoms with van der Waals surface area (Å²) in [6.07, 6.45) is 4.44. The number of hydrogen-bond donors (Lipinski definition) is 1. The Hall–Kier alpha value is -1.39. The van der Waals surface area contributed by atoms with Crippen LogP contribution in [-0.2, 0) is 15.1 Å². The van der Waals surface area contributed by atoms with E-state index in [-0.39, 0.29) is 6.61 Å². The fourth-order valence-electron chi connectivity index (χ4n) is 3.05. The molecule has 1 fully saturated rings. The molecule has 1 atom stereocenters. The van der Waals surface area contributed by atoms with Crippen molar-refractivity contribution in [3.05, 3.63) is 35.9 Å². The number of hydrogen-bond acceptors (Lipinski definition) is 3. The Kier molecular flexibility index (Phi) is 5.15. The maximum atomic E-state index is 12.1. The highest BCUT2D eigenvalue weighted by Crippen LogP contribution is 2.32. The van der Waals surface area contributed by atoms with Crippen LogP contribution in [0.1, 0.15) is 31.2 Å². The van der Waals surface area contributed by atoms with E-state index in [0.29, 0.717) is 0 Å². The van der Waals surface area contributed by atoms with Gasteiger partial charge in [0.1, 0.15) is 0 Å². The van der Waals surface area contributed by atoms with Gasteiger partial charge in [-0.05, 0) is 31.5 Å². The van der Waals surface area contributed by atoms with Crippen LogP contribution in [0.2, 0.25) is 0 Å². The van der Waals surface area contributed by atoms with Crippen molar-refractivity contribution in [1.29, 1.82) is 0 Å². The minimum atomic E-state index is -1.07. The number of rotatable bonds is 5. The van der Waals surface area contributed by atoms with Gasteiger partial charge in [0.05, 0.1) is 6.61 Å². The lowest BCUT2D eigenvalue weighted by molar-refractivity contribution is -0.157. The molecule has 0 saturated carbocycles. The number of methoxy groups -OCH3 is 1. The van der Waals surface area contributed by atoms with Crippen LogP contribution in [0.4, 0.5) is 0 Å². The number of carbonyl (C=O) groups is 1. The fraction of sp³-hybridized carbons (Fsp3) is 0.562. The van der Waals surface area contributed by atoms with Crippen LogP contribution in [0.3, 0.4) is 0 Å². The van der Waals surface area contributed by atoms with Crippen molar-refractivity contribution in [2.45, 2.75) is 31.2 Å². The molecule has 1 aromatic carbocycles. The second-order valence-corrected chi connectivity index (χ2v) is 5.37. The van der Waals surface area contributed by atoms with Crippen molar-refractivity contribution >= 4 is 5.97 Å². The number of carboxylic acids is 1. The summed E-state index contributed by atoms with van der Waals surface area (Å²) in [7, 11) is 1.57.